The first-order valence-electron chi connectivity index (χ1n) is 6.50. The molecule has 0 aliphatic heterocycles. The fraction of sp³-hybridized carbons (Fsp3) is 0.214. The van der Waals surface area contributed by atoms with Crippen LogP contribution in [0.5, 0.6) is 0 Å². The lowest BCUT2D eigenvalue weighted by Gasteiger charge is -2.10. The Morgan fingerprint density at radius 1 is 1.48 bits per heavy atom. The van der Waals surface area contributed by atoms with Crippen LogP contribution in [0.25, 0.3) is 10.2 Å². The Morgan fingerprint density at radius 3 is 3.00 bits per heavy atom. The zero-order chi connectivity index (χ0) is 15.0. The summed E-state index contributed by atoms with van der Waals surface area (Å²) in [5.41, 5.74) is 8.27. The summed E-state index contributed by atoms with van der Waals surface area (Å²) in [5.74, 6) is -0.148. The Labute approximate surface area is 125 Å². The molecule has 0 fully saturated rings. The number of nitrogen functional groups attached to an aromatic ring is 1. The minimum atomic E-state index is -0.393. The van der Waals surface area contributed by atoms with Gasteiger partial charge in [0.15, 0.2) is 5.13 Å². The Kier molecular flexibility index (Phi) is 3.34. The summed E-state index contributed by atoms with van der Waals surface area (Å²) >= 11 is 1.40. The topological polar surface area (TPSA) is 85.8 Å². The van der Waals surface area contributed by atoms with Crippen LogP contribution >= 0.6 is 11.3 Å². The SMILES string of the molecule is Cc1cnn(C(C)C(=O)Nc2nc3ccc(N)cc3s2)c1. The number of hydrogen-bond acceptors (Lipinski definition) is 5. The van der Waals surface area contributed by atoms with Crippen molar-refractivity contribution >= 4 is 38.3 Å². The standard InChI is InChI=1S/C14H15N5OS/c1-8-6-16-19(7-8)9(2)13(20)18-14-17-11-4-3-10(15)5-12(11)21-14/h3-7,9H,15H2,1-2H3,(H,17,18,20). The summed E-state index contributed by atoms with van der Waals surface area (Å²) < 4.78 is 2.59. The van der Waals surface area contributed by atoms with E-state index in [1.807, 2.05) is 25.3 Å². The molecule has 3 N–H and O–H groups in total. The molecule has 7 heteroatoms. The van der Waals surface area contributed by atoms with Gasteiger partial charge in [0, 0.05) is 11.9 Å². The van der Waals surface area contributed by atoms with E-state index in [1.165, 1.54) is 11.3 Å². The molecule has 1 aromatic carbocycles. The minimum absolute atomic E-state index is 0.148. The minimum Gasteiger partial charge on any atom is -0.399 e. The highest BCUT2D eigenvalue weighted by atomic mass is 32.1. The van der Waals surface area contributed by atoms with Crippen molar-refractivity contribution in [1.82, 2.24) is 14.8 Å². The Hall–Kier alpha value is -2.41. The van der Waals surface area contributed by atoms with Gasteiger partial charge in [0.1, 0.15) is 6.04 Å². The maximum atomic E-state index is 12.2. The highest BCUT2D eigenvalue weighted by molar-refractivity contribution is 7.22. The van der Waals surface area contributed by atoms with Gasteiger partial charge in [0.25, 0.3) is 5.91 Å². The maximum absolute atomic E-state index is 12.2. The lowest BCUT2D eigenvalue weighted by atomic mass is 10.3. The summed E-state index contributed by atoms with van der Waals surface area (Å²) in [6.45, 7) is 3.74. The van der Waals surface area contributed by atoms with E-state index in [0.29, 0.717) is 10.8 Å². The average Bonchev–Trinajstić information content (AvgIpc) is 3.03. The number of nitrogens with one attached hydrogen (secondary N) is 1. The van der Waals surface area contributed by atoms with E-state index in [4.69, 9.17) is 5.73 Å². The molecule has 3 aromatic rings. The van der Waals surface area contributed by atoms with Crippen LogP contribution in [0.1, 0.15) is 18.5 Å². The van der Waals surface area contributed by atoms with Crippen LogP contribution in [0.15, 0.2) is 30.6 Å². The molecule has 0 spiro atoms. The van der Waals surface area contributed by atoms with Crippen molar-refractivity contribution in [2.24, 2.45) is 0 Å². The van der Waals surface area contributed by atoms with Crippen molar-refractivity contribution in [3.63, 3.8) is 0 Å². The number of carbonyl (C=O) groups is 1. The lowest BCUT2D eigenvalue weighted by Crippen LogP contribution is -2.23. The first-order chi connectivity index (χ1) is 10.0. The molecule has 1 amide bonds. The number of nitrogens with two attached hydrogens (primary N) is 1. The summed E-state index contributed by atoms with van der Waals surface area (Å²) in [4.78, 5) is 16.6. The van der Waals surface area contributed by atoms with Crippen LogP contribution in [-0.4, -0.2) is 20.7 Å². The molecule has 1 unspecified atom stereocenters. The number of carbonyl (C=O) groups excluding carboxylic acids is 1. The van der Waals surface area contributed by atoms with Crippen LogP contribution in [0, 0.1) is 6.92 Å². The van der Waals surface area contributed by atoms with Gasteiger partial charge in [-0.25, -0.2) is 4.98 Å². The van der Waals surface area contributed by atoms with Crippen LogP contribution in [0.3, 0.4) is 0 Å². The predicted molar refractivity (Wildman–Crippen MR) is 84.3 cm³/mol. The van der Waals surface area contributed by atoms with Crippen molar-refractivity contribution in [1.29, 1.82) is 0 Å². The molecule has 21 heavy (non-hydrogen) atoms. The first kappa shape index (κ1) is 13.6. The van der Waals surface area contributed by atoms with E-state index in [2.05, 4.69) is 15.4 Å². The third-order valence-corrected chi connectivity index (χ3v) is 4.08. The number of benzene rings is 1. The molecule has 0 aliphatic rings. The van der Waals surface area contributed by atoms with E-state index >= 15 is 0 Å². The first-order valence-corrected chi connectivity index (χ1v) is 7.32. The number of nitrogens with zero attached hydrogens (tertiary/aromatic N) is 3. The smallest absolute Gasteiger partial charge is 0.250 e. The van der Waals surface area contributed by atoms with Gasteiger partial charge in [-0.15, -0.1) is 0 Å². The van der Waals surface area contributed by atoms with Gasteiger partial charge < -0.3 is 11.1 Å². The van der Waals surface area contributed by atoms with Crippen molar-refractivity contribution in [2.75, 3.05) is 11.1 Å². The Bertz CT molecular complexity index is 807. The van der Waals surface area contributed by atoms with Crippen molar-refractivity contribution in [2.45, 2.75) is 19.9 Å². The van der Waals surface area contributed by atoms with Gasteiger partial charge in [-0.2, -0.15) is 5.10 Å². The fourth-order valence-corrected chi connectivity index (χ4v) is 2.89. The molecular formula is C14H15N5OS. The maximum Gasteiger partial charge on any atom is 0.250 e. The summed E-state index contributed by atoms with van der Waals surface area (Å²) in [7, 11) is 0. The molecule has 2 aromatic heterocycles. The largest absolute Gasteiger partial charge is 0.399 e. The third kappa shape index (κ3) is 2.73. The van der Waals surface area contributed by atoms with Crippen LogP contribution in [0.2, 0.25) is 0 Å². The number of rotatable bonds is 3. The number of thiazole rings is 1. The zero-order valence-corrected chi connectivity index (χ0v) is 12.5. The number of aryl methyl sites for hydroxylation is 1. The van der Waals surface area contributed by atoms with Gasteiger partial charge >= 0.3 is 0 Å². The Balaban J connectivity index is 1.79. The lowest BCUT2D eigenvalue weighted by molar-refractivity contribution is -0.119. The van der Waals surface area contributed by atoms with Crippen molar-refractivity contribution < 1.29 is 4.79 Å². The van der Waals surface area contributed by atoms with Crippen LogP contribution < -0.4 is 11.1 Å². The summed E-state index contributed by atoms with van der Waals surface area (Å²) in [6.07, 6.45) is 3.56. The molecule has 6 nitrogen and oxygen atoms in total. The third-order valence-electron chi connectivity index (χ3n) is 3.15. The number of anilines is 2. The molecular weight excluding hydrogens is 286 g/mol. The molecule has 0 bridgehead atoms. The molecule has 0 saturated heterocycles. The summed E-state index contributed by atoms with van der Waals surface area (Å²) in [5, 5.41) is 7.55. The van der Waals surface area contributed by atoms with Gasteiger partial charge in [-0.3, -0.25) is 9.48 Å². The van der Waals surface area contributed by atoms with E-state index < -0.39 is 6.04 Å². The molecule has 0 aliphatic carbocycles. The average molecular weight is 301 g/mol. The highest BCUT2D eigenvalue weighted by Gasteiger charge is 2.17. The molecule has 0 radical (unpaired) electrons. The number of amides is 1. The monoisotopic (exact) mass is 301 g/mol. The van der Waals surface area contributed by atoms with Gasteiger partial charge in [-0.05, 0) is 37.6 Å². The number of aromatic nitrogens is 3. The van der Waals surface area contributed by atoms with E-state index in [-0.39, 0.29) is 5.91 Å². The normalized spacial score (nSPS) is 12.5. The van der Waals surface area contributed by atoms with Crippen LogP contribution in [-0.2, 0) is 4.79 Å². The number of hydrogen-bond donors (Lipinski definition) is 2. The molecule has 0 saturated carbocycles. The van der Waals surface area contributed by atoms with Crippen molar-refractivity contribution in [3.8, 4) is 0 Å². The zero-order valence-electron chi connectivity index (χ0n) is 11.7. The summed E-state index contributed by atoms with van der Waals surface area (Å²) in [6, 6.07) is 5.10. The molecule has 2 heterocycles. The molecule has 1 atom stereocenters. The second kappa shape index (κ2) is 5.17. The fourth-order valence-electron chi connectivity index (χ4n) is 1.97. The Morgan fingerprint density at radius 2 is 2.29 bits per heavy atom. The second-order valence-electron chi connectivity index (χ2n) is 4.91. The highest BCUT2D eigenvalue weighted by Crippen LogP contribution is 2.27. The van der Waals surface area contributed by atoms with Gasteiger partial charge in [0.05, 0.1) is 16.4 Å². The van der Waals surface area contributed by atoms with E-state index in [1.54, 1.807) is 23.9 Å². The molecule has 108 valence electrons. The molecule has 3 rings (SSSR count). The van der Waals surface area contributed by atoms with Crippen molar-refractivity contribution in [3.05, 3.63) is 36.2 Å². The van der Waals surface area contributed by atoms with Crippen LogP contribution in [0.4, 0.5) is 10.8 Å². The van der Waals surface area contributed by atoms with Gasteiger partial charge in [0.2, 0.25) is 0 Å². The second-order valence-corrected chi connectivity index (χ2v) is 5.94. The van der Waals surface area contributed by atoms with E-state index in [9.17, 15) is 4.79 Å². The number of fused-ring (bicyclic) bond motifs is 1. The predicted octanol–water partition coefficient (Wildman–Crippen LogP) is 2.58. The van der Waals surface area contributed by atoms with E-state index in [0.717, 1.165) is 15.8 Å². The quantitative estimate of drug-likeness (QED) is 0.728. The van der Waals surface area contributed by atoms with Gasteiger partial charge in [-0.1, -0.05) is 11.3 Å².